The van der Waals surface area contributed by atoms with Gasteiger partial charge in [-0.25, -0.2) is 0 Å². The van der Waals surface area contributed by atoms with E-state index in [9.17, 15) is 9.59 Å². The number of nitrogens with one attached hydrogen (secondary N) is 2. The van der Waals surface area contributed by atoms with Gasteiger partial charge in [0.2, 0.25) is 5.91 Å². The van der Waals surface area contributed by atoms with Crippen molar-refractivity contribution in [3.8, 4) is 11.3 Å². The number of carbonyl (C=O) groups excluding carboxylic acids is 2. The molecule has 0 saturated heterocycles. The summed E-state index contributed by atoms with van der Waals surface area (Å²) in [6.45, 7) is 8.00. The van der Waals surface area contributed by atoms with E-state index in [2.05, 4.69) is 15.8 Å². The van der Waals surface area contributed by atoms with Crippen molar-refractivity contribution < 1.29 is 14.1 Å². The Hall–Kier alpha value is -2.63. The summed E-state index contributed by atoms with van der Waals surface area (Å²) in [5, 5.41) is 9.26. The second-order valence-electron chi connectivity index (χ2n) is 6.12. The second kappa shape index (κ2) is 7.77. The predicted molar refractivity (Wildman–Crippen MR) is 91.6 cm³/mol. The highest BCUT2D eigenvalue weighted by atomic mass is 16.5. The number of aromatic nitrogens is 1. The molecular formula is C18H23N3O3. The normalized spacial score (nSPS) is 10.7. The van der Waals surface area contributed by atoms with Crippen molar-refractivity contribution in [3.63, 3.8) is 0 Å². The van der Waals surface area contributed by atoms with Crippen LogP contribution in [-0.4, -0.2) is 29.6 Å². The lowest BCUT2D eigenvalue weighted by atomic mass is 10.0. The zero-order chi connectivity index (χ0) is 17.7. The fourth-order valence-electron chi connectivity index (χ4n) is 2.28. The van der Waals surface area contributed by atoms with E-state index in [0.717, 1.165) is 16.7 Å². The standard InChI is InChI=1S/C18H23N3O3/c1-11(2)20-17(22)7-8-19-18(23)15-10-16(24-21-15)14-9-12(3)5-6-13(14)4/h5-6,9-11H,7-8H2,1-4H3,(H,19,23)(H,20,22). The van der Waals surface area contributed by atoms with Crippen LogP contribution in [0.1, 0.15) is 41.9 Å². The molecule has 1 aromatic heterocycles. The average molecular weight is 329 g/mol. The summed E-state index contributed by atoms with van der Waals surface area (Å²) in [7, 11) is 0. The van der Waals surface area contributed by atoms with Crippen LogP contribution in [0.5, 0.6) is 0 Å². The molecule has 2 aromatic rings. The Morgan fingerprint density at radius 1 is 1.21 bits per heavy atom. The molecule has 2 N–H and O–H groups in total. The van der Waals surface area contributed by atoms with Gasteiger partial charge in [0.15, 0.2) is 11.5 Å². The van der Waals surface area contributed by atoms with Crippen LogP contribution in [0.15, 0.2) is 28.8 Å². The van der Waals surface area contributed by atoms with Crippen molar-refractivity contribution in [1.82, 2.24) is 15.8 Å². The summed E-state index contributed by atoms with van der Waals surface area (Å²) in [5.41, 5.74) is 3.27. The summed E-state index contributed by atoms with van der Waals surface area (Å²) in [4.78, 5) is 23.6. The van der Waals surface area contributed by atoms with Crippen LogP contribution in [0, 0.1) is 13.8 Å². The molecule has 1 heterocycles. The minimum Gasteiger partial charge on any atom is -0.355 e. The minimum atomic E-state index is -0.354. The van der Waals surface area contributed by atoms with Crippen LogP contribution >= 0.6 is 0 Å². The molecule has 6 heteroatoms. The van der Waals surface area contributed by atoms with E-state index in [4.69, 9.17) is 4.52 Å². The lowest BCUT2D eigenvalue weighted by molar-refractivity contribution is -0.121. The number of hydrogen-bond acceptors (Lipinski definition) is 4. The van der Waals surface area contributed by atoms with Gasteiger partial charge in [0, 0.05) is 30.6 Å². The number of aryl methyl sites for hydroxylation is 2. The molecule has 0 aliphatic carbocycles. The lowest BCUT2D eigenvalue weighted by Gasteiger charge is -2.08. The molecule has 2 rings (SSSR count). The Morgan fingerprint density at radius 2 is 1.96 bits per heavy atom. The van der Waals surface area contributed by atoms with Gasteiger partial charge in [-0.2, -0.15) is 0 Å². The molecule has 0 bridgehead atoms. The Morgan fingerprint density at radius 3 is 2.67 bits per heavy atom. The summed E-state index contributed by atoms with van der Waals surface area (Å²) in [6.07, 6.45) is 0.228. The van der Waals surface area contributed by atoms with Gasteiger partial charge in [0.1, 0.15) is 0 Å². The topological polar surface area (TPSA) is 84.2 Å². The summed E-state index contributed by atoms with van der Waals surface area (Å²) in [6, 6.07) is 7.72. The maximum absolute atomic E-state index is 12.1. The number of nitrogens with zero attached hydrogens (tertiary/aromatic N) is 1. The van der Waals surface area contributed by atoms with Crippen LogP contribution in [0.2, 0.25) is 0 Å². The third-order valence-corrected chi connectivity index (χ3v) is 3.49. The first-order valence-electron chi connectivity index (χ1n) is 7.98. The summed E-state index contributed by atoms with van der Waals surface area (Å²) < 4.78 is 5.30. The van der Waals surface area contributed by atoms with Gasteiger partial charge in [-0.1, -0.05) is 22.9 Å². The molecule has 128 valence electrons. The van der Waals surface area contributed by atoms with E-state index in [1.54, 1.807) is 6.07 Å². The number of carbonyl (C=O) groups is 2. The maximum atomic E-state index is 12.1. The van der Waals surface area contributed by atoms with E-state index < -0.39 is 0 Å². The Balaban J connectivity index is 1.96. The van der Waals surface area contributed by atoms with Crippen molar-refractivity contribution in [2.24, 2.45) is 0 Å². The molecule has 0 unspecified atom stereocenters. The van der Waals surface area contributed by atoms with Crippen molar-refractivity contribution in [1.29, 1.82) is 0 Å². The molecular weight excluding hydrogens is 306 g/mol. The molecule has 2 amide bonds. The largest absolute Gasteiger partial charge is 0.355 e. The fraction of sp³-hybridized carbons (Fsp3) is 0.389. The average Bonchev–Trinajstić information content (AvgIpc) is 2.98. The molecule has 1 aromatic carbocycles. The zero-order valence-corrected chi connectivity index (χ0v) is 14.5. The van der Waals surface area contributed by atoms with Crippen molar-refractivity contribution in [3.05, 3.63) is 41.1 Å². The molecule has 0 radical (unpaired) electrons. The monoisotopic (exact) mass is 329 g/mol. The first-order valence-corrected chi connectivity index (χ1v) is 7.98. The Bertz CT molecular complexity index is 735. The van der Waals surface area contributed by atoms with Crippen molar-refractivity contribution in [2.45, 2.75) is 40.2 Å². The molecule has 0 atom stereocenters. The zero-order valence-electron chi connectivity index (χ0n) is 14.5. The smallest absolute Gasteiger partial charge is 0.273 e. The molecule has 0 fully saturated rings. The predicted octanol–water partition coefficient (Wildman–Crippen LogP) is 2.60. The van der Waals surface area contributed by atoms with Gasteiger partial charge in [0.25, 0.3) is 5.91 Å². The first kappa shape index (κ1) is 17.7. The maximum Gasteiger partial charge on any atom is 0.273 e. The molecule has 6 nitrogen and oxygen atoms in total. The van der Waals surface area contributed by atoms with Crippen LogP contribution in [-0.2, 0) is 4.79 Å². The number of hydrogen-bond donors (Lipinski definition) is 2. The van der Waals surface area contributed by atoms with Gasteiger partial charge >= 0.3 is 0 Å². The SMILES string of the molecule is Cc1ccc(C)c(-c2cc(C(=O)NCCC(=O)NC(C)C)no2)c1. The quantitative estimate of drug-likeness (QED) is 0.853. The molecule has 24 heavy (non-hydrogen) atoms. The van der Waals surface area contributed by atoms with Gasteiger partial charge in [-0.05, 0) is 39.3 Å². The van der Waals surface area contributed by atoms with Crippen molar-refractivity contribution >= 4 is 11.8 Å². The van der Waals surface area contributed by atoms with E-state index in [1.165, 1.54) is 0 Å². The molecule has 0 saturated carbocycles. The highest BCUT2D eigenvalue weighted by molar-refractivity contribution is 5.93. The second-order valence-corrected chi connectivity index (χ2v) is 6.12. The Labute approximate surface area is 141 Å². The van der Waals surface area contributed by atoms with Crippen molar-refractivity contribution in [2.75, 3.05) is 6.54 Å². The molecule has 0 spiro atoms. The number of benzene rings is 1. The number of rotatable bonds is 6. The summed E-state index contributed by atoms with van der Waals surface area (Å²) >= 11 is 0. The third-order valence-electron chi connectivity index (χ3n) is 3.49. The first-order chi connectivity index (χ1) is 11.4. The minimum absolute atomic E-state index is 0.0869. The van der Waals surface area contributed by atoms with E-state index >= 15 is 0 Å². The highest BCUT2D eigenvalue weighted by Crippen LogP contribution is 2.25. The van der Waals surface area contributed by atoms with Crippen LogP contribution < -0.4 is 10.6 Å². The lowest BCUT2D eigenvalue weighted by Crippen LogP contribution is -2.34. The van der Waals surface area contributed by atoms with Crippen LogP contribution in [0.4, 0.5) is 0 Å². The van der Waals surface area contributed by atoms with Gasteiger partial charge < -0.3 is 15.2 Å². The number of amides is 2. The van der Waals surface area contributed by atoms with Gasteiger partial charge in [0.05, 0.1) is 0 Å². The van der Waals surface area contributed by atoms with Crippen LogP contribution in [0.3, 0.4) is 0 Å². The van der Waals surface area contributed by atoms with Crippen LogP contribution in [0.25, 0.3) is 11.3 Å². The fourth-order valence-corrected chi connectivity index (χ4v) is 2.28. The van der Waals surface area contributed by atoms with E-state index in [0.29, 0.717) is 5.76 Å². The van der Waals surface area contributed by atoms with E-state index in [-0.39, 0.29) is 36.5 Å². The van der Waals surface area contributed by atoms with Gasteiger partial charge in [-0.3, -0.25) is 9.59 Å². The summed E-state index contributed by atoms with van der Waals surface area (Å²) in [5.74, 6) is 0.105. The molecule has 0 aliphatic rings. The molecule has 0 aliphatic heterocycles. The third kappa shape index (κ3) is 4.68. The van der Waals surface area contributed by atoms with Gasteiger partial charge in [-0.15, -0.1) is 0 Å². The van der Waals surface area contributed by atoms with E-state index in [1.807, 2.05) is 45.9 Å². The Kier molecular flexibility index (Phi) is 5.73. The highest BCUT2D eigenvalue weighted by Gasteiger charge is 2.15.